The van der Waals surface area contributed by atoms with Crippen molar-refractivity contribution in [2.24, 2.45) is 0 Å². The van der Waals surface area contributed by atoms with Gasteiger partial charge in [-0.2, -0.15) is 0 Å². The standard InChI is InChI=1S/C30H38N4O.3ClH/c1-24(22-32-18-20-33(21-19-32)23-25-10-6-5-7-11-25)34(28-12-8-9-17-31-28)29(35)26-13-15-27(16-14-26)30(2,3)4;;;/h5-17,24H,18-23H2,1-4H3;3*1H/p-3. The number of aromatic nitrogens is 1. The maximum atomic E-state index is 13.7. The zero-order valence-electron chi connectivity index (χ0n) is 22.7. The molecule has 1 aliphatic rings. The lowest BCUT2D eigenvalue weighted by molar-refractivity contribution is -0.00100. The highest BCUT2D eigenvalue weighted by Gasteiger charge is 2.28. The van der Waals surface area contributed by atoms with Gasteiger partial charge in [0.2, 0.25) is 0 Å². The SMILES string of the molecule is CC(CN1CCN(Cc2ccccc2)CC1)N(C(=O)c1ccc(C(C)(C)C)cc1)c1ccccn1.[Cl-].[Cl-].[Cl-]. The maximum absolute atomic E-state index is 13.7. The number of rotatable bonds is 7. The molecule has 0 spiro atoms. The minimum atomic E-state index is -0.000581. The summed E-state index contributed by atoms with van der Waals surface area (Å²) in [4.78, 5) is 25.1. The Kier molecular flexibility index (Phi) is 13.8. The fourth-order valence-electron chi connectivity index (χ4n) is 4.71. The Balaban J connectivity index is 0.00000241. The number of nitrogens with zero attached hydrogens (tertiary/aromatic N) is 4. The third-order valence-corrected chi connectivity index (χ3v) is 6.79. The summed E-state index contributed by atoms with van der Waals surface area (Å²) in [5.74, 6) is 0.701. The number of anilines is 1. The van der Waals surface area contributed by atoms with Crippen molar-refractivity contribution in [3.8, 4) is 0 Å². The third-order valence-electron chi connectivity index (χ3n) is 6.79. The number of carbonyl (C=O) groups is 1. The first kappa shape index (κ1) is 33.9. The van der Waals surface area contributed by atoms with Gasteiger partial charge in [-0.15, -0.1) is 0 Å². The lowest BCUT2D eigenvalue weighted by atomic mass is 9.86. The fraction of sp³-hybridized carbons (Fsp3) is 0.400. The van der Waals surface area contributed by atoms with E-state index in [4.69, 9.17) is 0 Å². The Hall–Kier alpha value is -2.15. The van der Waals surface area contributed by atoms with Crippen molar-refractivity contribution < 1.29 is 42.0 Å². The molecule has 1 unspecified atom stereocenters. The van der Waals surface area contributed by atoms with Crippen LogP contribution in [-0.4, -0.2) is 59.5 Å². The fourth-order valence-corrected chi connectivity index (χ4v) is 4.71. The van der Waals surface area contributed by atoms with E-state index in [-0.39, 0.29) is 54.6 Å². The van der Waals surface area contributed by atoms with Crippen molar-refractivity contribution in [2.75, 3.05) is 37.6 Å². The number of carbonyl (C=O) groups excluding carboxylic acids is 1. The molecule has 0 radical (unpaired) electrons. The summed E-state index contributed by atoms with van der Waals surface area (Å²) < 4.78 is 0. The first-order chi connectivity index (χ1) is 16.8. The summed E-state index contributed by atoms with van der Waals surface area (Å²) in [6.45, 7) is 14.6. The van der Waals surface area contributed by atoms with Crippen LogP contribution in [0.25, 0.3) is 0 Å². The summed E-state index contributed by atoms with van der Waals surface area (Å²) in [5.41, 5.74) is 3.33. The molecule has 8 heteroatoms. The second kappa shape index (κ2) is 15.4. The lowest BCUT2D eigenvalue weighted by Gasteiger charge is -2.38. The van der Waals surface area contributed by atoms with Crippen LogP contribution in [0.2, 0.25) is 0 Å². The van der Waals surface area contributed by atoms with Crippen LogP contribution in [0, 0.1) is 0 Å². The van der Waals surface area contributed by atoms with Gasteiger partial charge in [0.25, 0.3) is 5.91 Å². The van der Waals surface area contributed by atoms with Gasteiger partial charge in [0, 0.05) is 57.1 Å². The van der Waals surface area contributed by atoms with E-state index < -0.39 is 0 Å². The van der Waals surface area contributed by atoms with E-state index in [0.29, 0.717) is 11.4 Å². The highest BCUT2D eigenvalue weighted by atomic mass is 35.5. The molecule has 1 atom stereocenters. The van der Waals surface area contributed by atoms with E-state index in [2.05, 4.69) is 84.9 Å². The number of hydrogen-bond donors (Lipinski definition) is 0. The van der Waals surface area contributed by atoms with Crippen molar-refractivity contribution in [2.45, 2.75) is 45.7 Å². The summed E-state index contributed by atoms with van der Waals surface area (Å²) in [5, 5.41) is 0. The van der Waals surface area contributed by atoms with E-state index in [9.17, 15) is 4.79 Å². The molecule has 1 fully saturated rings. The van der Waals surface area contributed by atoms with E-state index in [1.54, 1.807) is 6.20 Å². The lowest BCUT2D eigenvalue weighted by Crippen LogP contribution is -3.00. The third kappa shape index (κ3) is 8.96. The zero-order chi connectivity index (χ0) is 24.8. The van der Waals surface area contributed by atoms with Crippen molar-refractivity contribution >= 4 is 11.7 Å². The Morgan fingerprint density at radius 3 is 1.97 bits per heavy atom. The van der Waals surface area contributed by atoms with Gasteiger partial charge in [-0.05, 0) is 47.7 Å². The topological polar surface area (TPSA) is 39.7 Å². The average molecular weight is 577 g/mol. The molecular weight excluding hydrogens is 539 g/mol. The molecule has 4 rings (SSSR count). The van der Waals surface area contributed by atoms with Gasteiger partial charge in [0.05, 0.1) is 0 Å². The normalized spacial score (nSPS) is 14.8. The molecule has 38 heavy (non-hydrogen) atoms. The second-order valence-electron chi connectivity index (χ2n) is 10.6. The Bertz CT molecular complexity index is 1080. The van der Waals surface area contributed by atoms with Crippen molar-refractivity contribution in [3.63, 3.8) is 0 Å². The first-order valence-corrected chi connectivity index (χ1v) is 12.6. The minimum Gasteiger partial charge on any atom is -1.00 e. The average Bonchev–Trinajstić information content (AvgIpc) is 2.86. The molecule has 1 aliphatic heterocycles. The van der Waals surface area contributed by atoms with Gasteiger partial charge in [-0.25, -0.2) is 4.98 Å². The first-order valence-electron chi connectivity index (χ1n) is 12.6. The molecule has 2 heterocycles. The molecule has 1 aromatic heterocycles. The van der Waals surface area contributed by atoms with E-state index in [1.165, 1.54) is 11.1 Å². The van der Waals surface area contributed by atoms with Gasteiger partial charge in [-0.1, -0.05) is 69.3 Å². The van der Waals surface area contributed by atoms with Crippen LogP contribution in [0.3, 0.4) is 0 Å². The Morgan fingerprint density at radius 1 is 0.842 bits per heavy atom. The summed E-state index contributed by atoms with van der Waals surface area (Å²) >= 11 is 0. The van der Waals surface area contributed by atoms with Crippen LogP contribution in [0.15, 0.2) is 79.0 Å². The van der Waals surface area contributed by atoms with Crippen LogP contribution in [0.1, 0.15) is 49.2 Å². The maximum Gasteiger partial charge on any atom is 0.259 e. The van der Waals surface area contributed by atoms with E-state index in [0.717, 1.165) is 39.3 Å². The zero-order valence-corrected chi connectivity index (χ0v) is 24.9. The molecule has 0 bridgehead atoms. The van der Waals surface area contributed by atoms with Crippen LogP contribution in [-0.2, 0) is 12.0 Å². The van der Waals surface area contributed by atoms with Gasteiger partial charge in [0.1, 0.15) is 5.82 Å². The quantitative estimate of drug-likeness (QED) is 0.290. The molecule has 0 saturated carbocycles. The van der Waals surface area contributed by atoms with Gasteiger partial charge in [-0.3, -0.25) is 19.5 Å². The number of hydrogen-bond acceptors (Lipinski definition) is 4. The molecular formula is C30H38Cl3N4O-3. The van der Waals surface area contributed by atoms with Crippen molar-refractivity contribution in [1.82, 2.24) is 14.8 Å². The second-order valence-corrected chi connectivity index (χ2v) is 10.6. The van der Waals surface area contributed by atoms with Crippen LogP contribution in [0.4, 0.5) is 5.82 Å². The van der Waals surface area contributed by atoms with Gasteiger partial charge < -0.3 is 37.2 Å². The predicted molar refractivity (Wildman–Crippen MR) is 144 cm³/mol. The van der Waals surface area contributed by atoms with Crippen molar-refractivity contribution in [1.29, 1.82) is 0 Å². The van der Waals surface area contributed by atoms with Gasteiger partial charge >= 0.3 is 0 Å². The Labute approximate surface area is 246 Å². The molecule has 1 saturated heterocycles. The van der Waals surface area contributed by atoms with Crippen LogP contribution in [0.5, 0.6) is 0 Å². The molecule has 1 amide bonds. The number of halogens is 3. The molecule has 2 aromatic carbocycles. The largest absolute Gasteiger partial charge is 1.00 e. The number of piperazine rings is 1. The summed E-state index contributed by atoms with van der Waals surface area (Å²) in [6.07, 6.45) is 1.76. The smallest absolute Gasteiger partial charge is 0.259 e. The summed E-state index contributed by atoms with van der Waals surface area (Å²) in [7, 11) is 0. The molecule has 0 N–H and O–H groups in total. The number of benzene rings is 2. The highest BCUT2D eigenvalue weighted by molar-refractivity contribution is 6.06. The predicted octanol–water partition coefficient (Wildman–Crippen LogP) is -3.76. The van der Waals surface area contributed by atoms with Crippen LogP contribution < -0.4 is 42.1 Å². The van der Waals surface area contributed by atoms with E-state index >= 15 is 0 Å². The number of amides is 1. The highest BCUT2D eigenvalue weighted by Crippen LogP contribution is 2.24. The molecule has 208 valence electrons. The number of pyridine rings is 1. The minimum absolute atomic E-state index is 0. The molecule has 0 aliphatic carbocycles. The van der Waals surface area contributed by atoms with Crippen molar-refractivity contribution in [3.05, 3.63) is 95.7 Å². The monoisotopic (exact) mass is 575 g/mol. The molecule has 3 aromatic rings. The van der Waals surface area contributed by atoms with Gasteiger partial charge in [0.15, 0.2) is 0 Å². The van der Waals surface area contributed by atoms with Crippen LogP contribution >= 0.6 is 0 Å². The summed E-state index contributed by atoms with van der Waals surface area (Å²) in [6, 6.07) is 24.5. The Morgan fingerprint density at radius 2 is 1.42 bits per heavy atom. The van der Waals surface area contributed by atoms with E-state index in [1.807, 2.05) is 35.2 Å². The molecule has 5 nitrogen and oxygen atoms in total.